The Hall–Kier alpha value is -2.30. The number of rotatable bonds is 5. The van der Waals surface area contributed by atoms with Gasteiger partial charge in [0, 0.05) is 26.2 Å². The summed E-state index contributed by atoms with van der Waals surface area (Å²) < 4.78 is 67.1. The average Bonchev–Trinajstić information content (AvgIpc) is 2.72. The van der Waals surface area contributed by atoms with Crippen molar-refractivity contribution < 1.29 is 26.4 Å². The van der Waals surface area contributed by atoms with Gasteiger partial charge in [-0.1, -0.05) is 29.8 Å². The van der Waals surface area contributed by atoms with Gasteiger partial charge in [-0.2, -0.15) is 13.2 Å². The second kappa shape index (κ2) is 9.05. The monoisotopic (exact) mass is 475 g/mol. The van der Waals surface area contributed by atoms with E-state index in [9.17, 15) is 26.4 Å². The molecule has 0 radical (unpaired) electrons. The molecule has 0 aromatic heterocycles. The molecule has 1 aliphatic heterocycles. The maximum Gasteiger partial charge on any atom is 0.416 e. The fourth-order valence-corrected chi connectivity index (χ4v) is 4.89. The fourth-order valence-electron chi connectivity index (χ4n) is 3.18. The maximum atomic E-state index is 13.3. The molecule has 1 fully saturated rings. The Morgan fingerprint density at radius 2 is 1.68 bits per heavy atom. The van der Waals surface area contributed by atoms with Gasteiger partial charge in [0.15, 0.2) is 0 Å². The Kier molecular flexibility index (Phi) is 6.82. The van der Waals surface area contributed by atoms with E-state index >= 15 is 0 Å². The van der Waals surface area contributed by atoms with Gasteiger partial charge in [-0.3, -0.25) is 9.10 Å². The van der Waals surface area contributed by atoms with Crippen molar-refractivity contribution in [2.75, 3.05) is 44.1 Å². The zero-order valence-corrected chi connectivity index (χ0v) is 18.2. The van der Waals surface area contributed by atoms with E-state index in [1.165, 1.54) is 29.2 Å². The number of likely N-dealkylation sites (N-methyl/N-ethyl adjacent to an activating group) is 1. The molecule has 168 valence electrons. The molecule has 1 aliphatic rings. The predicted octanol–water partition coefficient (Wildman–Crippen LogP) is 3.33. The first-order chi connectivity index (χ1) is 14.5. The lowest BCUT2D eigenvalue weighted by Crippen LogP contribution is -2.51. The van der Waals surface area contributed by atoms with Crippen LogP contribution in [0.15, 0.2) is 53.4 Å². The molecule has 31 heavy (non-hydrogen) atoms. The minimum absolute atomic E-state index is 0.158. The van der Waals surface area contributed by atoms with E-state index in [2.05, 4.69) is 0 Å². The summed E-state index contributed by atoms with van der Waals surface area (Å²) in [4.78, 5) is 16.3. The number of alkyl halides is 3. The number of amides is 1. The highest BCUT2D eigenvalue weighted by atomic mass is 35.5. The Labute approximate surface area is 183 Å². The number of sulfonamides is 1. The van der Waals surface area contributed by atoms with Crippen LogP contribution in [0.1, 0.15) is 5.56 Å². The molecule has 0 bridgehead atoms. The largest absolute Gasteiger partial charge is 0.416 e. The van der Waals surface area contributed by atoms with E-state index in [-0.39, 0.29) is 9.92 Å². The molecule has 2 aromatic carbocycles. The molecule has 0 N–H and O–H groups in total. The average molecular weight is 476 g/mol. The van der Waals surface area contributed by atoms with Crippen molar-refractivity contribution in [3.05, 3.63) is 59.1 Å². The van der Waals surface area contributed by atoms with Crippen LogP contribution in [-0.4, -0.2) is 63.9 Å². The third kappa shape index (κ3) is 5.31. The summed E-state index contributed by atoms with van der Waals surface area (Å²) in [5, 5.41) is -0.210. The maximum absolute atomic E-state index is 13.3. The van der Waals surface area contributed by atoms with Crippen molar-refractivity contribution in [2.24, 2.45) is 0 Å². The van der Waals surface area contributed by atoms with Crippen molar-refractivity contribution in [3.63, 3.8) is 0 Å². The number of hydrogen-bond acceptors (Lipinski definition) is 4. The molecule has 1 saturated heterocycles. The van der Waals surface area contributed by atoms with Gasteiger partial charge in [0.05, 0.1) is 21.2 Å². The lowest BCUT2D eigenvalue weighted by Gasteiger charge is -2.34. The molecule has 3 rings (SSSR count). The lowest BCUT2D eigenvalue weighted by molar-refractivity contribution is -0.137. The van der Waals surface area contributed by atoms with Gasteiger partial charge in [-0.25, -0.2) is 8.42 Å². The van der Waals surface area contributed by atoms with E-state index in [1.807, 2.05) is 11.9 Å². The van der Waals surface area contributed by atoms with Gasteiger partial charge >= 0.3 is 6.18 Å². The van der Waals surface area contributed by atoms with Gasteiger partial charge in [0.25, 0.3) is 10.0 Å². The second-order valence-corrected chi connectivity index (χ2v) is 9.44. The fraction of sp³-hybridized carbons (Fsp3) is 0.350. The Balaban J connectivity index is 2.04. The Morgan fingerprint density at radius 3 is 2.26 bits per heavy atom. The summed E-state index contributed by atoms with van der Waals surface area (Å²) >= 11 is 6.12. The first-order valence-electron chi connectivity index (χ1n) is 9.41. The highest BCUT2D eigenvalue weighted by molar-refractivity contribution is 7.92. The predicted molar refractivity (Wildman–Crippen MR) is 112 cm³/mol. The smallest absolute Gasteiger partial charge is 0.339 e. The van der Waals surface area contributed by atoms with E-state index in [1.54, 1.807) is 6.07 Å². The number of benzene rings is 2. The van der Waals surface area contributed by atoms with Crippen LogP contribution in [0.4, 0.5) is 18.9 Å². The molecule has 0 unspecified atom stereocenters. The highest BCUT2D eigenvalue weighted by Crippen LogP contribution is 2.37. The topological polar surface area (TPSA) is 60.9 Å². The summed E-state index contributed by atoms with van der Waals surface area (Å²) in [6, 6.07) is 9.60. The van der Waals surface area contributed by atoms with Crippen molar-refractivity contribution in [3.8, 4) is 0 Å². The second-order valence-electron chi connectivity index (χ2n) is 7.17. The van der Waals surface area contributed by atoms with Crippen molar-refractivity contribution in [2.45, 2.75) is 11.1 Å². The third-order valence-corrected chi connectivity index (χ3v) is 7.10. The molecule has 11 heteroatoms. The van der Waals surface area contributed by atoms with E-state index < -0.39 is 39.9 Å². The first-order valence-corrected chi connectivity index (χ1v) is 11.2. The molecule has 0 aliphatic carbocycles. The number of anilines is 1. The summed E-state index contributed by atoms with van der Waals surface area (Å²) in [7, 11) is -2.46. The number of carbonyl (C=O) groups excluding carboxylic acids is 1. The Bertz CT molecular complexity index is 1040. The molecule has 0 saturated carbocycles. The zero-order valence-electron chi connectivity index (χ0n) is 16.6. The minimum atomic E-state index is -4.71. The highest BCUT2D eigenvalue weighted by Gasteiger charge is 2.35. The minimum Gasteiger partial charge on any atom is -0.339 e. The standard InChI is InChI=1S/C20H21ClF3N3O3S/c1-25-9-11-26(12-10-25)19(28)14-27(31(29,30)16-5-3-2-4-6-16)18-13-15(20(22,23)24)7-8-17(18)21/h2-8,13H,9-12,14H2,1H3. The normalized spacial score (nSPS) is 15.7. The van der Waals surface area contributed by atoms with Gasteiger partial charge in [0.2, 0.25) is 5.91 Å². The summed E-state index contributed by atoms with van der Waals surface area (Å²) in [5.74, 6) is -0.513. The van der Waals surface area contributed by atoms with Crippen LogP contribution < -0.4 is 4.31 Å². The van der Waals surface area contributed by atoms with Crippen LogP contribution in [-0.2, 0) is 21.0 Å². The molecule has 0 spiro atoms. The van der Waals surface area contributed by atoms with E-state index in [0.29, 0.717) is 36.6 Å². The molecule has 2 aromatic rings. The number of hydrogen-bond donors (Lipinski definition) is 0. The van der Waals surface area contributed by atoms with Gasteiger partial charge in [-0.15, -0.1) is 0 Å². The number of nitrogens with zero attached hydrogens (tertiary/aromatic N) is 3. The SMILES string of the molecule is CN1CCN(C(=O)CN(c2cc(C(F)(F)F)ccc2Cl)S(=O)(=O)c2ccccc2)CC1. The van der Waals surface area contributed by atoms with Gasteiger partial charge in [0.1, 0.15) is 6.54 Å². The van der Waals surface area contributed by atoms with Crippen molar-refractivity contribution >= 4 is 33.2 Å². The van der Waals surface area contributed by atoms with Crippen LogP contribution in [0, 0.1) is 0 Å². The van der Waals surface area contributed by atoms with E-state index in [0.717, 1.165) is 12.1 Å². The summed E-state index contributed by atoms with van der Waals surface area (Å²) in [5.41, 5.74) is -1.46. The molecular formula is C20H21ClF3N3O3S. The van der Waals surface area contributed by atoms with Crippen LogP contribution in [0.25, 0.3) is 0 Å². The van der Waals surface area contributed by atoms with Crippen molar-refractivity contribution in [1.82, 2.24) is 9.80 Å². The Morgan fingerprint density at radius 1 is 1.06 bits per heavy atom. The summed E-state index contributed by atoms with van der Waals surface area (Å²) in [6.45, 7) is 1.35. The van der Waals surface area contributed by atoms with Crippen LogP contribution in [0.3, 0.4) is 0 Å². The van der Waals surface area contributed by atoms with Crippen LogP contribution in [0.5, 0.6) is 0 Å². The third-order valence-electron chi connectivity index (χ3n) is 5.01. The molecule has 1 heterocycles. The van der Waals surface area contributed by atoms with Crippen molar-refractivity contribution in [1.29, 1.82) is 0 Å². The van der Waals surface area contributed by atoms with Crippen LogP contribution >= 0.6 is 11.6 Å². The lowest BCUT2D eigenvalue weighted by atomic mass is 10.2. The van der Waals surface area contributed by atoms with E-state index in [4.69, 9.17) is 11.6 Å². The van der Waals surface area contributed by atoms with Gasteiger partial charge in [-0.05, 0) is 37.4 Å². The zero-order chi connectivity index (χ0) is 22.8. The first kappa shape index (κ1) is 23.4. The molecule has 0 atom stereocenters. The molecule has 1 amide bonds. The number of halogens is 4. The number of carbonyl (C=O) groups is 1. The van der Waals surface area contributed by atoms with Crippen LogP contribution in [0.2, 0.25) is 5.02 Å². The quantitative estimate of drug-likeness (QED) is 0.665. The summed E-state index contributed by atoms with van der Waals surface area (Å²) in [6.07, 6.45) is -4.71. The molecule has 6 nitrogen and oxygen atoms in total. The van der Waals surface area contributed by atoms with Gasteiger partial charge < -0.3 is 9.80 Å². The molecular weight excluding hydrogens is 455 g/mol. The number of piperazine rings is 1.